The van der Waals surface area contributed by atoms with E-state index >= 15 is 0 Å². The van der Waals surface area contributed by atoms with Crippen LogP contribution in [0.5, 0.6) is 5.75 Å². The van der Waals surface area contributed by atoms with E-state index in [-0.39, 0.29) is 11.9 Å². The first-order valence-electron chi connectivity index (χ1n) is 8.92. The second kappa shape index (κ2) is 8.19. The Morgan fingerprint density at radius 3 is 2.20 bits per heavy atom. The summed E-state index contributed by atoms with van der Waals surface area (Å²) in [6, 6.07) is 12.3. The fraction of sp³-hybridized carbons (Fsp3) is 0.409. The van der Waals surface area contributed by atoms with Crippen LogP contribution in [0, 0.1) is 27.7 Å². The molecule has 3 heteroatoms. The van der Waals surface area contributed by atoms with Gasteiger partial charge in [0.15, 0.2) is 6.10 Å². The van der Waals surface area contributed by atoms with E-state index in [1.807, 2.05) is 26.0 Å². The molecule has 2 rings (SSSR count). The topological polar surface area (TPSA) is 38.3 Å². The van der Waals surface area contributed by atoms with E-state index < -0.39 is 6.10 Å². The number of amides is 1. The van der Waals surface area contributed by atoms with Gasteiger partial charge in [0.05, 0.1) is 6.04 Å². The molecule has 2 aromatic carbocycles. The van der Waals surface area contributed by atoms with Gasteiger partial charge in [0.25, 0.3) is 5.91 Å². The van der Waals surface area contributed by atoms with Crippen LogP contribution in [0.25, 0.3) is 0 Å². The van der Waals surface area contributed by atoms with Gasteiger partial charge in [0.1, 0.15) is 5.75 Å². The largest absolute Gasteiger partial charge is 0.481 e. The SMILES string of the molecule is CC[C@H](NC(=O)[C@H](C)Oc1cc(C)cc(C)c1)c1ccc(C)c(C)c1. The number of ether oxygens (including phenoxy) is 1. The highest BCUT2D eigenvalue weighted by molar-refractivity contribution is 5.81. The third kappa shape index (κ3) is 5.09. The number of carbonyl (C=O) groups excluding carboxylic acids is 1. The second-order valence-corrected chi connectivity index (χ2v) is 6.90. The number of carbonyl (C=O) groups is 1. The predicted molar refractivity (Wildman–Crippen MR) is 103 cm³/mol. The molecular formula is C22H29NO2. The molecule has 2 aromatic rings. The molecule has 0 aromatic heterocycles. The van der Waals surface area contributed by atoms with E-state index in [0.717, 1.165) is 28.9 Å². The molecule has 0 aliphatic carbocycles. The average Bonchev–Trinajstić information content (AvgIpc) is 2.54. The van der Waals surface area contributed by atoms with Crippen molar-refractivity contribution in [3.05, 3.63) is 64.2 Å². The van der Waals surface area contributed by atoms with Crippen LogP contribution in [0.1, 0.15) is 54.1 Å². The van der Waals surface area contributed by atoms with Crippen molar-refractivity contribution in [3.8, 4) is 5.75 Å². The highest BCUT2D eigenvalue weighted by atomic mass is 16.5. The molecule has 0 radical (unpaired) electrons. The molecule has 1 amide bonds. The smallest absolute Gasteiger partial charge is 0.261 e. The molecule has 0 spiro atoms. The van der Waals surface area contributed by atoms with E-state index in [1.54, 1.807) is 6.92 Å². The highest BCUT2D eigenvalue weighted by Crippen LogP contribution is 2.21. The Balaban J connectivity index is 2.06. The summed E-state index contributed by atoms with van der Waals surface area (Å²) in [7, 11) is 0. The van der Waals surface area contributed by atoms with Crippen molar-refractivity contribution >= 4 is 5.91 Å². The van der Waals surface area contributed by atoms with Crippen LogP contribution in [-0.4, -0.2) is 12.0 Å². The zero-order chi connectivity index (χ0) is 18.6. The lowest BCUT2D eigenvalue weighted by atomic mass is 9.99. The van der Waals surface area contributed by atoms with E-state index in [4.69, 9.17) is 4.74 Å². The zero-order valence-corrected chi connectivity index (χ0v) is 16.1. The zero-order valence-electron chi connectivity index (χ0n) is 16.1. The van der Waals surface area contributed by atoms with E-state index in [9.17, 15) is 4.79 Å². The van der Waals surface area contributed by atoms with Crippen LogP contribution in [-0.2, 0) is 4.79 Å². The number of hydrogen-bond donors (Lipinski definition) is 1. The van der Waals surface area contributed by atoms with E-state index in [0.29, 0.717) is 0 Å². The van der Waals surface area contributed by atoms with Crippen molar-refractivity contribution in [1.82, 2.24) is 5.32 Å². The number of benzene rings is 2. The monoisotopic (exact) mass is 339 g/mol. The lowest BCUT2D eigenvalue weighted by Crippen LogP contribution is -2.38. The maximum Gasteiger partial charge on any atom is 0.261 e. The van der Waals surface area contributed by atoms with Gasteiger partial charge in [0.2, 0.25) is 0 Å². The van der Waals surface area contributed by atoms with Gasteiger partial charge in [-0.1, -0.05) is 31.2 Å². The Morgan fingerprint density at radius 1 is 1.00 bits per heavy atom. The molecule has 0 bridgehead atoms. The molecule has 0 aliphatic heterocycles. The summed E-state index contributed by atoms with van der Waals surface area (Å²) in [5.41, 5.74) is 5.90. The van der Waals surface area contributed by atoms with Crippen LogP contribution in [0.2, 0.25) is 0 Å². The van der Waals surface area contributed by atoms with Gasteiger partial charge < -0.3 is 10.1 Å². The second-order valence-electron chi connectivity index (χ2n) is 6.90. The normalized spacial score (nSPS) is 13.2. The third-order valence-corrected chi connectivity index (χ3v) is 4.54. The van der Waals surface area contributed by atoms with Crippen LogP contribution in [0.3, 0.4) is 0 Å². The number of aryl methyl sites for hydroxylation is 4. The van der Waals surface area contributed by atoms with Crippen LogP contribution in [0.15, 0.2) is 36.4 Å². The molecule has 0 heterocycles. The van der Waals surface area contributed by atoms with E-state index in [2.05, 4.69) is 50.4 Å². The van der Waals surface area contributed by atoms with Crippen molar-refractivity contribution in [3.63, 3.8) is 0 Å². The van der Waals surface area contributed by atoms with Crippen LogP contribution in [0.4, 0.5) is 0 Å². The highest BCUT2D eigenvalue weighted by Gasteiger charge is 2.19. The molecule has 0 saturated carbocycles. The summed E-state index contributed by atoms with van der Waals surface area (Å²) in [4.78, 5) is 12.6. The summed E-state index contributed by atoms with van der Waals surface area (Å²) in [5, 5.41) is 3.11. The maximum absolute atomic E-state index is 12.6. The number of hydrogen-bond acceptors (Lipinski definition) is 2. The standard InChI is InChI=1S/C22H29NO2/c1-7-21(19-9-8-16(4)17(5)13-19)23-22(24)18(6)25-20-11-14(2)10-15(3)12-20/h8-13,18,21H,7H2,1-6H3,(H,23,24)/t18-,21-/m0/s1. The maximum atomic E-state index is 12.6. The van der Waals surface area contributed by atoms with Gasteiger partial charge in [0, 0.05) is 0 Å². The Bertz CT molecular complexity index is 731. The average molecular weight is 339 g/mol. The molecule has 0 fully saturated rings. The molecule has 3 nitrogen and oxygen atoms in total. The molecular weight excluding hydrogens is 310 g/mol. The van der Waals surface area contributed by atoms with Crippen molar-refractivity contribution in [2.24, 2.45) is 0 Å². The van der Waals surface area contributed by atoms with Crippen molar-refractivity contribution in [1.29, 1.82) is 0 Å². The minimum atomic E-state index is -0.540. The quantitative estimate of drug-likeness (QED) is 0.808. The first-order valence-corrected chi connectivity index (χ1v) is 8.92. The molecule has 0 aliphatic rings. The van der Waals surface area contributed by atoms with Gasteiger partial charge in [-0.3, -0.25) is 4.79 Å². The van der Waals surface area contributed by atoms with Crippen LogP contribution < -0.4 is 10.1 Å². The molecule has 25 heavy (non-hydrogen) atoms. The van der Waals surface area contributed by atoms with Crippen molar-refractivity contribution in [2.75, 3.05) is 0 Å². The predicted octanol–water partition coefficient (Wildman–Crippen LogP) is 4.96. The summed E-state index contributed by atoms with van der Waals surface area (Å²) >= 11 is 0. The fourth-order valence-corrected chi connectivity index (χ4v) is 2.95. The Morgan fingerprint density at radius 2 is 1.64 bits per heavy atom. The first-order chi connectivity index (χ1) is 11.8. The van der Waals surface area contributed by atoms with Gasteiger partial charge in [-0.15, -0.1) is 0 Å². The summed E-state index contributed by atoms with van der Waals surface area (Å²) in [5.74, 6) is 0.642. The molecule has 0 unspecified atom stereocenters. The minimum absolute atomic E-state index is 0.00269. The summed E-state index contributed by atoms with van der Waals surface area (Å²) in [6.07, 6.45) is 0.298. The lowest BCUT2D eigenvalue weighted by molar-refractivity contribution is -0.128. The Hall–Kier alpha value is -2.29. The van der Waals surface area contributed by atoms with Gasteiger partial charge >= 0.3 is 0 Å². The van der Waals surface area contributed by atoms with Crippen molar-refractivity contribution in [2.45, 2.75) is 60.1 Å². The fourth-order valence-electron chi connectivity index (χ4n) is 2.95. The molecule has 134 valence electrons. The van der Waals surface area contributed by atoms with Crippen molar-refractivity contribution < 1.29 is 9.53 Å². The van der Waals surface area contributed by atoms with Crippen LogP contribution >= 0.6 is 0 Å². The Kier molecular flexibility index (Phi) is 6.24. The molecule has 2 atom stereocenters. The number of nitrogens with one attached hydrogen (secondary N) is 1. The molecule has 0 saturated heterocycles. The van der Waals surface area contributed by atoms with Gasteiger partial charge in [-0.25, -0.2) is 0 Å². The summed E-state index contributed by atoms with van der Waals surface area (Å²) < 4.78 is 5.85. The van der Waals surface area contributed by atoms with Gasteiger partial charge in [-0.2, -0.15) is 0 Å². The minimum Gasteiger partial charge on any atom is -0.481 e. The van der Waals surface area contributed by atoms with E-state index in [1.165, 1.54) is 11.1 Å². The molecule has 1 N–H and O–H groups in total. The third-order valence-electron chi connectivity index (χ3n) is 4.54. The lowest BCUT2D eigenvalue weighted by Gasteiger charge is -2.22. The van der Waals surface area contributed by atoms with Gasteiger partial charge in [-0.05, 0) is 81.0 Å². The summed E-state index contributed by atoms with van der Waals surface area (Å²) in [6.45, 7) is 12.1. The Labute approximate surface area is 151 Å². The number of rotatable bonds is 6. The first kappa shape index (κ1) is 19.0.